The number of hydrogen-bond donors (Lipinski definition) is 1. The van der Waals surface area contributed by atoms with Crippen LogP contribution in [0.5, 0.6) is 5.75 Å². The lowest BCUT2D eigenvalue weighted by Crippen LogP contribution is -2.36. The smallest absolute Gasteiger partial charge is 0.261 e. The van der Waals surface area contributed by atoms with Crippen LogP contribution in [0.2, 0.25) is 0 Å². The highest BCUT2D eigenvalue weighted by Gasteiger charge is 2.15. The Morgan fingerprint density at radius 3 is 2.53 bits per heavy atom. The average molecular weight is 408 g/mol. The standard InChI is InChI=1S/C22H24N4O4/c1-15-23-19-7-5-4-6-18(19)22(29)26(15)13-12-21(28)25(2)14-20(27)24-16-8-10-17(30-3)11-9-16/h4-11H,12-14H2,1-3H3,(H,24,27). The fraction of sp³-hybridized carbons (Fsp3) is 0.273. The van der Waals surface area contributed by atoms with Crippen LogP contribution in [-0.2, 0) is 16.1 Å². The molecule has 0 fully saturated rings. The highest BCUT2D eigenvalue weighted by molar-refractivity contribution is 5.94. The van der Waals surface area contributed by atoms with Crippen LogP contribution in [0, 0.1) is 6.92 Å². The predicted molar refractivity (Wildman–Crippen MR) is 115 cm³/mol. The lowest BCUT2D eigenvalue weighted by Gasteiger charge is -2.18. The van der Waals surface area contributed by atoms with Gasteiger partial charge in [0.15, 0.2) is 0 Å². The molecule has 0 aliphatic heterocycles. The number of aromatic nitrogens is 2. The van der Waals surface area contributed by atoms with Crippen LogP contribution in [0.3, 0.4) is 0 Å². The van der Waals surface area contributed by atoms with E-state index in [1.54, 1.807) is 63.5 Å². The summed E-state index contributed by atoms with van der Waals surface area (Å²) < 4.78 is 6.57. The second-order valence-corrected chi connectivity index (χ2v) is 6.91. The topological polar surface area (TPSA) is 93.5 Å². The summed E-state index contributed by atoms with van der Waals surface area (Å²) in [4.78, 5) is 43.1. The number of aryl methyl sites for hydroxylation is 1. The average Bonchev–Trinajstić information content (AvgIpc) is 2.73. The summed E-state index contributed by atoms with van der Waals surface area (Å²) in [6.45, 7) is 1.85. The van der Waals surface area contributed by atoms with E-state index < -0.39 is 0 Å². The SMILES string of the molecule is COc1ccc(NC(=O)CN(C)C(=O)CCn2c(C)nc3ccccc3c2=O)cc1. The van der Waals surface area contributed by atoms with Gasteiger partial charge < -0.3 is 15.0 Å². The highest BCUT2D eigenvalue weighted by Crippen LogP contribution is 2.15. The summed E-state index contributed by atoms with van der Waals surface area (Å²) in [7, 11) is 3.13. The lowest BCUT2D eigenvalue weighted by atomic mass is 10.2. The maximum Gasteiger partial charge on any atom is 0.261 e. The van der Waals surface area contributed by atoms with E-state index in [1.807, 2.05) is 6.07 Å². The van der Waals surface area contributed by atoms with Crippen LogP contribution in [0.15, 0.2) is 53.3 Å². The van der Waals surface area contributed by atoms with Gasteiger partial charge in [-0.25, -0.2) is 4.98 Å². The van der Waals surface area contributed by atoms with Gasteiger partial charge in [-0.15, -0.1) is 0 Å². The van der Waals surface area contributed by atoms with Crippen molar-refractivity contribution in [2.45, 2.75) is 19.9 Å². The van der Waals surface area contributed by atoms with Crippen LogP contribution < -0.4 is 15.6 Å². The number of methoxy groups -OCH3 is 1. The van der Waals surface area contributed by atoms with Crippen molar-refractivity contribution in [1.82, 2.24) is 14.5 Å². The molecule has 156 valence electrons. The van der Waals surface area contributed by atoms with Gasteiger partial charge in [-0.3, -0.25) is 19.0 Å². The Balaban J connectivity index is 1.58. The van der Waals surface area contributed by atoms with Gasteiger partial charge in [-0.05, 0) is 43.3 Å². The monoisotopic (exact) mass is 408 g/mol. The summed E-state index contributed by atoms with van der Waals surface area (Å²) in [6, 6.07) is 14.0. The first-order valence-corrected chi connectivity index (χ1v) is 9.53. The highest BCUT2D eigenvalue weighted by atomic mass is 16.5. The summed E-state index contributed by atoms with van der Waals surface area (Å²) in [5, 5.41) is 3.25. The Morgan fingerprint density at radius 1 is 1.13 bits per heavy atom. The summed E-state index contributed by atoms with van der Waals surface area (Å²) in [6.07, 6.45) is 0.0904. The normalized spacial score (nSPS) is 10.6. The van der Waals surface area contributed by atoms with E-state index in [-0.39, 0.29) is 36.9 Å². The molecule has 1 heterocycles. The fourth-order valence-corrected chi connectivity index (χ4v) is 3.12. The number of fused-ring (bicyclic) bond motifs is 1. The maximum atomic E-state index is 12.7. The first-order chi connectivity index (χ1) is 14.4. The third-order valence-corrected chi connectivity index (χ3v) is 4.78. The molecule has 0 aliphatic rings. The van der Waals surface area contributed by atoms with Gasteiger partial charge in [0, 0.05) is 25.7 Å². The van der Waals surface area contributed by atoms with Crippen LogP contribution in [0.4, 0.5) is 5.69 Å². The number of carbonyl (C=O) groups is 2. The van der Waals surface area contributed by atoms with Crippen molar-refractivity contribution in [3.8, 4) is 5.75 Å². The van der Waals surface area contributed by atoms with Crippen molar-refractivity contribution in [2.75, 3.05) is 26.0 Å². The van der Waals surface area contributed by atoms with Gasteiger partial charge in [0.05, 0.1) is 24.6 Å². The molecular formula is C22H24N4O4. The Labute approximate surface area is 174 Å². The first kappa shape index (κ1) is 21.0. The first-order valence-electron chi connectivity index (χ1n) is 9.53. The van der Waals surface area contributed by atoms with Gasteiger partial charge in [0.2, 0.25) is 11.8 Å². The van der Waals surface area contributed by atoms with Crippen molar-refractivity contribution < 1.29 is 14.3 Å². The van der Waals surface area contributed by atoms with E-state index in [0.717, 1.165) is 0 Å². The molecule has 1 aromatic heterocycles. The van der Waals surface area contributed by atoms with Crippen LogP contribution in [-0.4, -0.2) is 47.0 Å². The Kier molecular flexibility index (Phi) is 6.46. The minimum absolute atomic E-state index is 0.0886. The number of likely N-dealkylation sites (N-methyl/N-ethyl adjacent to an activating group) is 1. The Hall–Kier alpha value is -3.68. The summed E-state index contributed by atoms with van der Waals surface area (Å²) in [5.41, 5.74) is 1.08. The quantitative estimate of drug-likeness (QED) is 0.647. The molecule has 1 N–H and O–H groups in total. The van der Waals surface area contributed by atoms with Crippen LogP contribution >= 0.6 is 0 Å². The molecule has 0 aliphatic carbocycles. The molecule has 0 unspecified atom stereocenters. The van der Waals surface area contributed by atoms with Gasteiger partial charge in [0.25, 0.3) is 5.56 Å². The van der Waals surface area contributed by atoms with Crippen LogP contribution in [0.25, 0.3) is 10.9 Å². The van der Waals surface area contributed by atoms with Gasteiger partial charge in [-0.1, -0.05) is 12.1 Å². The number of nitrogens with zero attached hydrogens (tertiary/aromatic N) is 3. The third kappa shape index (κ3) is 4.83. The second-order valence-electron chi connectivity index (χ2n) is 6.91. The number of benzene rings is 2. The molecule has 0 radical (unpaired) electrons. The maximum absolute atomic E-state index is 12.7. The van der Waals surface area contributed by atoms with Gasteiger partial charge in [0.1, 0.15) is 11.6 Å². The minimum Gasteiger partial charge on any atom is -0.497 e. The third-order valence-electron chi connectivity index (χ3n) is 4.78. The Morgan fingerprint density at radius 2 is 1.83 bits per heavy atom. The molecule has 3 aromatic rings. The minimum atomic E-state index is -0.309. The van der Waals surface area contributed by atoms with Gasteiger partial charge >= 0.3 is 0 Å². The number of hydrogen-bond acceptors (Lipinski definition) is 5. The zero-order chi connectivity index (χ0) is 21.7. The molecule has 0 spiro atoms. The van der Waals surface area contributed by atoms with Gasteiger partial charge in [-0.2, -0.15) is 0 Å². The zero-order valence-corrected chi connectivity index (χ0v) is 17.2. The van der Waals surface area contributed by atoms with Crippen LogP contribution in [0.1, 0.15) is 12.2 Å². The summed E-state index contributed by atoms with van der Waals surface area (Å²) in [5.74, 6) is 0.691. The van der Waals surface area contributed by atoms with E-state index in [4.69, 9.17) is 4.74 Å². The zero-order valence-electron chi connectivity index (χ0n) is 17.2. The largest absolute Gasteiger partial charge is 0.497 e. The predicted octanol–water partition coefficient (Wildman–Crippen LogP) is 2.20. The van der Waals surface area contributed by atoms with Crippen molar-refractivity contribution in [3.63, 3.8) is 0 Å². The second kappa shape index (κ2) is 9.21. The molecule has 0 saturated carbocycles. The van der Waals surface area contributed by atoms with Crippen molar-refractivity contribution >= 4 is 28.4 Å². The molecule has 0 saturated heterocycles. The molecule has 2 amide bonds. The van der Waals surface area contributed by atoms with Crippen molar-refractivity contribution in [1.29, 1.82) is 0 Å². The molecule has 3 rings (SSSR count). The molecule has 30 heavy (non-hydrogen) atoms. The number of ether oxygens (including phenoxy) is 1. The molecule has 0 bridgehead atoms. The number of nitrogens with one attached hydrogen (secondary N) is 1. The Bertz CT molecular complexity index is 1120. The van der Waals surface area contributed by atoms with Crippen molar-refractivity contribution in [2.24, 2.45) is 0 Å². The van der Waals surface area contributed by atoms with Crippen molar-refractivity contribution in [3.05, 3.63) is 64.7 Å². The van der Waals surface area contributed by atoms with E-state index in [2.05, 4.69) is 10.3 Å². The molecule has 8 heteroatoms. The molecular weight excluding hydrogens is 384 g/mol. The number of amides is 2. The van der Waals surface area contributed by atoms with E-state index in [1.165, 1.54) is 9.47 Å². The van der Waals surface area contributed by atoms with E-state index in [0.29, 0.717) is 28.2 Å². The number of anilines is 1. The number of para-hydroxylation sites is 1. The fourth-order valence-electron chi connectivity index (χ4n) is 3.12. The van der Waals surface area contributed by atoms with E-state index >= 15 is 0 Å². The number of rotatable bonds is 7. The molecule has 8 nitrogen and oxygen atoms in total. The molecule has 0 atom stereocenters. The number of carbonyl (C=O) groups excluding carboxylic acids is 2. The molecule has 2 aromatic carbocycles. The summed E-state index contributed by atoms with van der Waals surface area (Å²) >= 11 is 0. The van der Waals surface area contributed by atoms with E-state index in [9.17, 15) is 14.4 Å². The lowest BCUT2D eigenvalue weighted by molar-refractivity contribution is -0.133.